The van der Waals surface area contributed by atoms with E-state index in [0.29, 0.717) is 5.92 Å². The molecule has 1 aromatic heterocycles. The molecule has 0 fully saturated rings. The van der Waals surface area contributed by atoms with Crippen LogP contribution in [0.25, 0.3) is 10.9 Å². The molecule has 3 aromatic rings. The van der Waals surface area contributed by atoms with Gasteiger partial charge in [0.2, 0.25) is 0 Å². The summed E-state index contributed by atoms with van der Waals surface area (Å²) in [7, 11) is 0. The van der Waals surface area contributed by atoms with E-state index < -0.39 is 0 Å². The van der Waals surface area contributed by atoms with Gasteiger partial charge in [0, 0.05) is 30.7 Å². The molecule has 0 unspecified atom stereocenters. The number of H-pyrrole nitrogens is 1. The molecule has 2 nitrogen and oxygen atoms in total. The highest BCUT2D eigenvalue weighted by Gasteiger charge is 2.25. The average Bonchev–Trinajstić information content (AvgIpc) is 3.01. The van der Waals surface area contributed by atoms with Gasteiger partial charge in [0.1, 0.15) is 0 Å². The fourth-order valence-corrected chi connectivity index (χ4v) is 3.49. The molecule has 106 valence electrons. The first-order valence-corrected chi connectivity index (χ1v) is 7.72. The van der Waals surface area contributed by atoms with Crippen molar-refractivity contribution in [2.24, 2.45) is 0 Å². The third kappa shape index (κ3) is 2.16. The molecule has 21 heavy (non-hydrogen) atoms. The van der Waals surface area contributed by atoms with Crippen molar-refractivity contribution >= 4 is 10.9 Å². The maximum atomic E-state index is 3.28. The molecule has 2 heterocycles. The Kier molecular flexibility index (Phi) is 3.04. The third-order valence-electron chi connectivity index (χ3n) is 4.69. The van der Waals surface area contributed by atoms with E-state index >= 15 is 0 Å². The molecule has 1 aliphatic heterocycles. The van der Waals surface area contributed by atoms with Crippen molar-refractivity contribution in [1.82, 2.24) is 9.88 Å². The summed E-state index contributed by atoms with van der Waals surface area (Å²) in [6.07, 6.45) is 2.02. The van der Waals surface area contributed by atoms with E-state index in [-0.39, 0.29) is 0 Å². The Balaban J connectivity index is 1.82. The number of benzene rings is 2. The van der Waals surface area contributed by atoms with Crippen molar-refractivity contribution in [3.63, 3.8) is 0 Å². The summed E-state index contributed by atoms with van der Waals surface area (Å²) in [5.74, 6) is 0.481. The van der Waals surface area contributed by atoms with Crippen LogP contribution < -0.4 is 0 Å². The minimum atomic E-state index is 0.481. The molecule has 4 rings (SSSR count). The summed E-state index contributed by atoms with van der Waals surface area (Å²) in [5.41, 5.74) is 5.62. The number of likely N-dealkylation sites (N-methyl/N-ethyl adjacent to an activating group) is 1. The van der Waals surface area contributed by atoms with Crippen LogP contribution in [0, 0.1) is 0 Å². The molecule has 0 bridgehead atoms. The molecule has 1 aliphatic rings. The lowest BCUT2D eigenvalue weighted by Gasteiger charge is -2.34. The number of nitrogens with zero attached hydrogens (tertiary/aromatic N) is 1. The molecule has 1 atom stereocenters. The molecule has 0 amide bonds. The van der Waals surface area contributed by atoms with E-state index in [1.165, 1.54) is 27.6 Å². The Labute approximate surface area is 125 Å². The predicted molar refractivity (Wildman–Crippen MR) is 87.5 cm³/mol. The van der Waals surface area contributed by atoms with Gasteiger partial charge in [-0.15, -0.1) is 0 Å². The van der Waals surface area contributed by atoms with Gasteiger partial charge in [-0.2, -0.15) is 0 Å². The average molecular weight is 276 g/mol. The van der Waals surface area contributed by atoms with Crippen LogP contribution >= 0.6 is 0 Å². The Morgan fingerprint density at radius 2 is 2.05 bits per heavy atom. The molecule has 0 saturated carbocycles. The van der Waals surface area contributed by atoms with E-state index in [0.717, 1.165) is 19.6 Å². The number of rotatable bonds is 2. The van der Waals surface area contributed by atoms with Crippen molar-refractivity contribution in [3.8, 4) is 0 Å². The first-order valence-electron chi connectivity index (χ1n) is 7.72. The van der Waals surface area contributed by atoms with E-state index in [2.05, 4.69) is 65.3 Å². The fourth-order valence-electron chi connectivity index (χ4n) is 3.49. The molecule has 1 N–H and O–H groups in total. The molecular weight excluding hydrogens is 256 g/mol. The molecular formula is C19H20N2. The Morgan fingerprint density at radius 1 is 1.14 bits per heavy atom. The first kappa shape index (κ1) is 12.7. The van der Waals surface area contributed by atoms with E-state index in [1.807, 2.05) is 6.20 Å². The molecule has 2 aromatic carbocycles. The van der Waals surface area contributed by atoms with Crippen LogP contribution in [0.2, 0.25) is 0 Å². The van der Waals surface area contributed by atoms with Gasteiger partial charge in [-0.25, -0.2) is 0 Å². The van der Waals surface area contributed by atoms with Crippen LogP contribution in [0.4, 0.5) is 0 Å². The van der Waals surface area contributed by atoms with Gasteiger partial charge in [0.15, 0.2) is 0 Å². The van der Waals surface area contributed by atoms with Gasteiger partial charge >= 0.3 is 0 Å². The van der Waals surface area contributed by atoms with Gasteiger partial charge < -0.3 is 4.98 Å². The van der Waals surface area contributed by atoms with Crippen molar-refractivity contribution in [1.29, 1.82) is 0 Å². The van der Waals surface area contributed by atoms with Gasteiger partial charge in [0.25, 0.3) is 0 Å². The summed E-state index contributed by atoms with van der Waals surface area (Å²) in [4.78, 5) is 5.81. The molecule has 0 spiro atoms. The second-order valence-corrected chi connectivity index (χ2v) is 5.90. The number of hydrogen-bond donors (Lipinski definition) is 1. The number of nitrogens with one attached hydrogen (secondary N) is 1. The molecule has 2 heteroatoms. The maximum absolute atomic E-state index is 3.28. The first-order chi connectivity index (χ1) is 10.3. The van der Waals surface area contributed by atoms with E-state index in [1.54, 1.807) is 0 Å². The van der Waals surface area contributed by atoms with E-state index in [4.69, 9.17) is 0 Å². The topological polar surface area (TPSA) is 19.0 Å². The SMILES string of the molecule is CCN1Cc2ccccc2[C@H](c2ccc3[nH]ccc3c2)C1. The molecule has 0 aliphatic carbocycles. The minimum Gasteiger partial charge on any atom is -0.361 e. The minimum absolute atomic E-state index is 0.481. The Hall–Kier alpha value is -2.06. The zero-order valence-corrected chi connectivity index (χ0v) is 12.3. The number of aromatic amines is 1. The van der Waals surface area contributed by atoms with Crippen LogP contribution in [-0.4, -0.2) is 23.0 Å². The summed E-state index contributed by atoms with van der Waals surface area (Å²) in [5, 5.41) is 1.30. The summed E-state index contributed by atoms with van der Waals surface area (Å²) < 4.78 is 0. The number of aromatic nitrogens is 1. The van der Waals surface area contributed by atoms with Crippen LogP contribution in [0.5, 0.6) is 0 Å². The van der Waals surface area contributed by atoms with Crippen molar-refractivity contribution in [3.05, 3.63) is 71.4 Å². The van der Waals surface area contributed by atoms with Crippen LogP contribution in [0.3, 0.4) is 0 Å². The van der Waals surface area contributed by atoms with Gasteiger partial charge in [-0.05, 0) is 46.8 Å². The summed E-state index contributed by atoms with van der Waals surface area (Å²) in [6.45, 7) is 5.55. The van der Waals surface area contributed by atoms with Crippen molar-refractivity contribution in [2.75, 3.05) is 13.1 Å². The van der Waals surface area contributed by atoms with Gasteiger partial charge in [0.05, 0.1) is 0 Å². The maximum Gasteiger partial charge on any atom is 0.0454 e. The molecule has 0 radical (unpaired) electrons. The summed E-state index contributed by atoms with van der Waals surface area (Å²) >= 11 is 0. The zero-order valence-electron chi connectivity index (χ0n) is 12.3. The van der Waals surface area contributed by atoms with Gasteiger partial charge in [-0.1, -0.05) is 37.3 Å². The standard InChI is InChI=1S/C19H20N2/c1-2-21-12-16-5-3-4-6-17(16)18(13-21)14-7-8-19-15(11-14)9-10-20-19/h3-11,18,20H,2,12-13H2,1H3/t18-/m0/s1. The quantitative estimate of drug-likeness (QED) is 0.745. The number of hydrogen-bond acceptors (Lipinski definition) is 1. The van der Waals surface area contributed by atoms with Crippen LogP contribution in [0.1, 0.15) is 29.5 Å². The lowest BCUT2D eigenvalue weighted by atomic mass is 9.84. The fraction of sp³-hybridized carbons (Fsp3) is 0.263. The highest BCUT2D eigenvalue weighted by atomic mass is 15.1. The zero-order chi connectivity index (χ0) is 14.2. The normalized spacial score (nSPS) is 18.8. The Morgan fingerprint density at radius 3 is 2.95 bits per heavy atom. The smallest absolute Gasteiger partial charge is 0.0454 e. The largest absolute Gasteiger partial charge is 0.361 e. The second-order valence-electron chi connectivity index (χ2n) is 5.90. The number of fused-ring (bicyclic) bond motifs is 2. The van der Waals surface area contributed by atoms with Crippen LogP contribution in [-0.2, 0) is 6.54 Å². The highest BCUT2D eigenvalue weighted by molar-refractivity contribution is 5.80. The van der Waals surface area contributed by atoms with E-state index in [9.17, 15) is 0 Å². The summed E-state index contributed by atoms with van der Waals surface area (Å²) in [6, 6.07) is 17.9. The monoisotopic (exact) mass is 276 g/mol. The van der Waals surface area contributed by atoms with Crippen molar-refractivity contribution < 1.29 is 0 Å². The lowest BCUT2D eigenvalue weighted by Crippen LogP contribution is -2.33. The third-order valence-corrected chi connectivity index (χ3v) is 4.69. The highest BCUT2D eigenvalue weighted by Crippen LogP contribution is 2.34. The predicted octanol–water partition coefficient (Wildman–Crippen LogP) is 4.14. The van der Waals surface area contributed by atoms with Gasteiger partial charge in [-0.3, -0.25) is 4.90 Å². The molecule has 0 saturated heterocycles. The van der Waals surface area contributed by atoms with Crippen molar-refractivity contribution in [2.45, 2.75) is 19.4 Å². The Bertz CT molecular complexity index is 772. The lowest BCUT2D eigenvalue weighted by molar-refractivity contribution is 0.253. The second kappa shape index (κ2) is 5.05. The van der Waals surface area contributed by atoms with Crippen LogP contribution in [0.15, 0.2) is 54.7 Å².